The fourth-order valence-electron chi connectivity index (χ4n) is 2.03. The molecule has 0 saturated carbocycles. The maximum Gasteiger partial charge on any atom is 0.318 e. The fourth-order valence-corrected chi connectivity index (χ4v) is 3.00. The highest BCUT2D eigenvalue weighted by molar-refractivity contribution is 8.00. The number of methoxy groups -OCH3 is 1. The first-order chi connectivity index (χ1) is 10.7. The molecule has 3 rings (SSSR count). The summed E-state index contributed by atoms with van der Waals surface area (Å²) in [5, 5.41) is 1.28. The normalized spacial score (nSPS) is 12.3. The van der Waals surface area contributed by atoms with Gasteiger partial charge in [-0.1, -0.05) is 30.0 Å². The van der Waals surface area contributed by atoms with Gasteiger partial charge in [0.2, 0.25) is 0 Å². The van der Waals surface area contributed by atoms with Crippen LogP contribution < -0.4 is 0 Å². The van der Waals surface area contributed by atoms with E-state index in [4.69, 9.17) is 9.15 Å². The largest absolute Gasteiger partial charge is 0.468 e. The molecular formula is C16H14N2O3S. The van der Waals surface area contributed by atoms with Gasteiger partial charge in [0, 0.05) is 5.39 Å². The molecule has 0 aliphatic rings. The van der Waals surface area contributed by atoms with Gasteiger partial charge in [-0.25, -0.2) is 9.97 Å². The molecule has 0 fully saturated rings. The van der Waals surface area contributed by atoms with Gasteiger partial charge in [0.25, 0.3) is 0 Å². The van der Waals surface area contributed by atoms with Gasteiger partial charge in [-0.15, -0.1) is 0 Å². The van der Waals surface area contributed by atoms with Crippen molar-refractivity contribution >= 4 is 28.6 Å². The summed E-state index contributed by atoms with van der Waals surface area (Å²) in [6.45, 7) is 1.79. The Morgan fingerprint density at radius 2 is 2.05 bits per heavy atom. The number of nitrogens with zero attached hydrogens (tertiary/aromatic N) is 2. The molecule has 0 saturated heterocycles. The number of rotatable bonds is 4. The third-order valence-electron chi connectivity index (χ3n) is 3.13. The number of benzene rings is 1. The number of ether oxygens (including phenoxy) is 1. The van der Waals surface area contributed by atoms with Crippen molar-refractivity contribution in [2.75, 3.05) is 7.11 Å². The van der Waals surface area contributed by atoms with Gasteiger partial charge >= 0.3 is 5.97 Å². The lowest BCUT2D eigenvalue weighted by atomic mass is 10.2. The molecule has 2 aromatic heterocycles. The molecule has 6 heteroatoms. The molecule has 0 radical (unpaired) electrons. The van der Waals surface area contributed by atoms with Crippen LogP contribution in [0.2, 0.25) is 0 Å². The number of hydrogen-bond donors (Lipinski definition) is 0. The van der Waals surface area contributed by atoms with Crippen LogP contribution in [0.1, 0.15) is 6.92 Å². The van der Waals surface area contributed by atoms with Crippen LogP contribution in [0, 0.1) is 0 Å². The zero-order valence-electron chi connectivity index (χ0n) is 12.1. The molecule has 0 unspecified atom stereocenters. The Morgan fingerprint density at radius 1 is 1.23 bits per heavy atom. The third kappa shape index (κ3) is 2.82. The first kappa shape index (κ1) is 14.6. The van der Waals surface area contributed by atoms with E-state index in [2.05, 4.69) is 9.97 Å². The van der Waals surface area contributed by atoms with Crippen LogP contribution in [0.25, 0.3) is 22.5 Å². The lowest BCUT2D eigenvalue weighted by Gasteiger charge is -2.11. The number of hydrogen-bond acceptors (Lipinski definition) is 6. The predicted octanol–water partition coefficient (Wildman–Crippen LogP) is 3.54. The minimum absolute atomic E-state index is 0.285. The Balaban J connectivity index is 2.08. The van der Waals surface area contributed by atoms with Crippen molar-refractivity contribution in [3.8, 4) is 11.6 Å². The van der Waals surface area contributed by atoms with Crippen molar-refractivity contribution in [3.05, 3.63) is 42.7 Å². The monoisotopic (exact) mass is 314 g/mol. The summed E-state index contributed by atoms with van der Waals surface area (Å²) < 4.78 is 10.1. The number of fused-ring (bicyclic) bond motifs is 1. The molecule has 0 spiro atoms. The standard InChI is InChI=1S/C16H14N2O3S/c1-10(16(19)20-2)22-15-11-6-3-4-7-12(11)17-14(18-15)13-8-5-9-21-13/h3-10H,1-2H3/t10-/m1/s1. The Kier molecular flexibility index (Phi) is 4.11. The average molecular weight is 314 g/mol. The van der Waals surface area contributed by atoms with Gasteiger partial charge in [0.15, 0.2) is 11.6 Å². The molecule has 2 heterocycles. The lowest BCUT2D eigenvalue weighted by Crippen LogP contribution is -2.15. The van der Waals surface area contributed by atoms with Crippen molar-refractivity contribution in [1.82, 2.24) is 9.97 Å². The van der Waals surface area contributed by atoms with E-state index in [1.165, 1.54) is 18.9 Å². The molecule has 1 atom stereocenters. The molecular weight excluding hydrogens is 300 g/mol. The highest BCUT2D eigenvalue weighted by Gasteiger charge is 2.19. The minimum Gasteiger partial charge on any atom is -0.468 e. The van der Waals surface area contributed by atoms with Crippen molar-refractivity contribution < 1.29 is 13.9 Å². The summed E-state index contributed by atoms with van der Waals surface area (Å²) in [4.78, 5) is 20.7. The third-order valence-corrected chi connectivity index (χ3v) is 4.21. The van der Waals surface area contributed by atoms with Gasteiger partial charge in [0.1, 0.15) is 10.3 Å². The minimum atomic E-state index is -0.354. The summed E-state index contributed by atoms with van der Waals surface area (Å²) >= 11 is 1.35. The van der Waals surface area contributed by atoms with Crippen molar-refractivity contribution in [1.29, 1.82) is 0 Å². The van der Waals surface area contributed by atoms with Crippen molar-refractivity contribution in [3.63, 3.8) is 0 Å². The summed E-state index contributed by atoms with van der Waals surface area (Å²) in [7, 11) is 1.38. The SMILES string of the molecule is COC(=O)[C@@H](C)Sc1nc(-c2ccco2)nc2ccccc12. The van der Waals surface area contributed by atoms with Crippen LogP contribution in [-0.4, -0.2) is 28.3 Å². The van der Waals surface area contributed by atoms with E-state index in [9.17, 15) is 4.79 Å². The second-order valence-electron chi connectivity index (χ2n) is 4.63. The highest BCUT2D eigenvalue weighted by atomic mass is 32.2. The van der Waals surface area contributed by atoms with E-state index in [0.717, 1.165) is 15.9 Å². The van der Waals surface area contributed by atoms with E-state index in [1.807, 2.05) is 30.3 Å². The number of carbonyl (C=O) groups is 1. The molecule has 5 nitrogen and oxygen atoms in total. The van der Waals surface area contributed by atoms with E-state index in [0.29, 0.717) is 11.6 Å². The molecule has 0 N–H and O–H groups in total. The van der Waals surface area contributed by atoms with Crippen LogP contribution in [0.15, 0.2) is 52.1 Å². The van der Waals surface area contributed by atoms with E-state index < -0.39 is 0 Å². The van der Waals surface area contributed by atoms with E-state index >= 15 is 0 Å². The molecule has 1 aromatic carbocycles. The first-order valence-corrected chi connectivity index (χ1v) is 7.62. The summed E-state index contributed by atoms with van der Waals surface area (Å²) in [6.07, 6.45) is 1.58. The Bertz CT molecular complexity index is 802. The van der Waals surface area contributed by atoms with Crippen molar-refractivity contribution in [2.45, 2.75) is 17.2 Å². The van der Waals surface area contributed by atoms with Gasteiger partial charge in [0.05, 0.1) is 18.9 Å². The van der Waals surface area contributed by atoms with E-state index in [1.54, 1.807) is 19.3 Å². The van der Waals surface area contributed by atoms with E-state index in [-0.39, 0.29) is 11.2 Å². The maximum atomic E-state index is 11.7. The quantitative estimate of drug-likeness (QED) is 0.417. The Labute approximate surface area is 131 Å². The fraction of sp³-hybridized carbons (Fsp3) is 0.188. The smallest absolute Gasteiger partial charge is 0.318 e. The molecule has 112 valence electrons. The predicted molar refractivity (Wildman–Crippen MR) is 84.6 cm³/mol. The molecule has 0 bridgehead atoms. The summed E-state index contributed by atoms with van der Waals surface area (Å²) in [5.41, 5.74) is 0.809. The first-order valence-electron chi connectivity index (χ1n) is 6.74. The van der Waals surface area contributed by atoms with Gasteiger partial charge in [-0.05, 0) is 25.1 Å². The number of esters is 1. The van der Waals surface area contributed by atoms with Crippen LogP contribution in [0.3, 0.4) is 0 Å². The summed E-state index contributed by atoms with van der Waals surface area (Å²) in [6, 6.07) is 11.3. The number of para-hydroxylation sites is 1. The summed E-state index contributed by atoms with van der Waals surface area (Å²) in [5.74, 6) is 0.814. The number of furan rings is 1. The van der Waals surface area contributed by atoms with Gasteiger partial charge < -0.3 is 9.15 Å². The van der Waals surface area contributed by atoms with Crippen molar-refractivity contribution in [2.24, 2.45) is 0 Å². The highest BCUT2D eigenvalue weighted by Crippen LogP contribution is 2.31. The van der Waals surface area contributed by atoms with Crippen LogP contribution >= 0.6 is 11.8 Å². The van der Waals surface area contributed by atoms with Crippen LogP contribution in [-0.2, 0) is 9.53 Å². The van der Waals surface area contributed by atoms with Crippen LogP contribution in [0.4, 0.5) is 0 Å². The molecule has 22 heavy (non-hydrogen) atoms. The second-order valence-corrected chi connectivity index (χ2v) is 5.96. The number of carbonyl (C=O) groups excluding carboxylic acids is 1. The second kappa shape index (κ2) is 6.19. The number of aromatic nitrogens is 2. The average Bonchev–Trinajstić information content (AvgIpc) is 3.08. The zero-order chi connectivity index (χ0) is 15.5. The van der Waals surface area contributed by atoms with Gasteiger partial charge in [-0.2, -0.15) is 0 Å². The number of thioether (sulfide) groups is 1. The topological polar surface area (TPSA) is 65.2 Å². The Morgan fingerprint density at radius 3 is 2.77 bits per heavy atom. The Hall–Kier alpha value is -2.34. The molecule has 3 aromatic rings. The lowest BCUT2D eigenvalue weighted by molar-refractivity contribution is -0.139. The molecule has 0 aliphatic carbocycles. The molecule has 0 amide bonds. The maximum absolute atomic E-state index is 11.7. The van der Waals surface area contributed by atoms with Crippen LogP contribution in [0.5, 0.6) is 0 Å². The zero-order valence-corrected chi connectivity index (χ0v) is 13.0. The van der Waals surface area contributed by atoms with Gasteiger partial charge in [-0.3, -0.25) is 4.79 Å². The molecule has 0 aliphatic heterocycles.